The SMILES string of the molecule is Cc1csc(=O)n1CCC(=O)OC(C(=O)N1CCCC1)c1ccccc1. The minimum atomic E-state index is -0.929. The molecule has 0 saturated carbocycles. The maximum atomic E-state index is 12.8. The number of amides is 1. The minimum absolute atomic E-state index is 0.0497. The van der Waals surface area contributed by atoms with Crippen molar-refractivity contribution in [3.05, 3.63) is 56.6 Å². The zero-order chi connectivity index (χ0) is 18.5. The smallest absolute Gasteiger partial charge is 0.308 e. The molecule has 1 aromatic carbocycles. The second-order valence-corrected chi connectivity index (χ2v) is 7.18. The van der Waals surface area contributed by atoms with Gasteiger partial charge in [-0.3, -0.25) is 14.4 Å². The van der Waals surface area contributed by atoms with Gasteiger partial charge in [0, 0.05) is 36.3 Å². The summed E-state index contributed by atoms with van der Waals surface area (Å²) in [6, 6.07) is 9.08. The van der Waals surface area contributed by atoms with Crippen LogP contribution in [0.25, 0.3) is 0 Å². The van der Waals surface area contributed by atoms with Crippen LogP contribution in [-0.2, 0) is 20.9 Å². The Hall–Kier alpha value is -2.41. The molecule has 1 fully saturated rings. The third-order valence-corrected chi connectivity index (χ3v) is 5.39. The maximum Gasteiger partial charge on any atom is 0.308 e. The molecule has 1 saturated heterocycles. The van der Waals surface area contributed by atoms with Gasteiger partial charge < -0.3 is 14.2 Å². The Morgan fingerprint density at radius 2 is 1.88 bits per heavy atom. The van der Waals surface area contributed by atoms with Crippen molar-refractivity contribution in [3.8, 4) is 0 Å². The van der Waals surface area contributed by atoms with Crippen molar-refractivity contribution in [1.29, 1.82) is 0 Å². The first-order chi connectivity index (χ1) is 12.6. The Labute approximate surface area is 156 Å². The molecule has 3 rings (SSSR count). The molecule has 2 aromatic rings. The minimum Gasteiger partial charge on any atom is -0.447 e. The van der Waals surface area contributed by atoms with Crippen LogP contribution in [0.4, 0.5) is 0 Å². The van der Waals surface area contributed by atoms with Crippen molar-refractivity contribution in [1.82, 2.24) is 9.47 Å². The highest BCUT2D eigenvalue weighted by Gasteiger charge is 2.30. The summed E-state index contributed by atoms with van der Waals surface area (Å²) in [5.41, 5.74) is 1.49. The largest absolute Gasteiger partial charge is 0.447 e. The molecule has 138 valence electrons. The van der Waals surface area contributed by atoms with Crippen LogP contribution in [0.5, 0.6) is 0 Å². The van der Waals surface area contributed by atoms with E-state index in [1.807, 2.05) is 25.1 Å². The maximum absolute atomic E-state index is 12.8. The van der Waals surface area contributed by atoms with Crippen LogP contribution in [0.3, 0.4) is 0 Å². The fourth-order valence-corrected chi connectivity index (χ4v) is 3.82. The first-order valence-corrected chi connectivity index (χ1v) is 9.62. The second-order valence-electron chi connectivity index (χ2n) is 6.36. The van der Waals surface area contributed by atoms with E-state index in [4.69, 9.17) is 4.74 Å². The van der Waals surface area contributed by atoms with Crippen molar-refractivity contribution in [2.24, 2.45) is 0 Å². The first kappa shape index (κ1) is 18.4. The number of nitrogens with zero attached hydrogens (tertiary/aromatic N) is 2. The fourth-order valence-electron chi connectivity index (χ4n) is 3.06. The average Bonchev–Trinajstić information content (AvgIpc) is 3.29. The summed E-state index contributed by atoms with van der Waals surface area (Å²) in [4.78, 5) is 38.6. The van der Waals surface area contributed by atoms with Crippen LogP contribution >= 0.6 is 11.3 Å². The van der Waals surface area contributed by atoms with Crippen molar-refractivity contribution in [3.63, 3.8) is 0 Å². The number of likely N-dealkylation sites (tertiary alicyclic amines) is 1. The monoisotopic (exact) mass is 374 g/mol. The van der Waals surface area contributed by atoms with E-state index in [1.165, 1.54) is 0 Å². The van der Waals surface area contributed by atoms with Crippen LogP contribution in [0.2, 0.25) is 0 Å². The molecule has 7 heteroatoms. The van der Waals surface area contributed by atoms with Gasteiger partial charge in [-0.05, 0) is 19.8 Å². The van der Waals surface area contributed by atoms with E-state index in [2.05, 4.69) is 0 Å². The number of aromatic nitrogens is 1. The first-order valence-electron chi connectivity index (χ1n) is 8.74. The fraction of sp³-hybridized carbons (Fsp3) is 0.421. The van der Waals surface area contributed by atoms with Gasteiger partial charge in [0.2, 0.25) is 6.10 Å². The zero-order valence-electron chi connectivity index (χ0n) is 14.7. The van der Waals surface area contributed by atoms with Gasteiger partial charge in [0.1, 0.15) is 0 Å². The Bertz CT molecular complexity index is 822. The Morgan fingerprint density at radius 1 is 1.19 bits per heavy atom. The van der Waals surface area contributed by atoms with Gasteiger partial charge in [-0.2, -0.15) is 0 Å². The molecule has 0 spiro atoms. The molecule has 1 atom stereocenters. The summed E-state index contributed by atoms with van der Waals surface area (Å²) in [5, 5.41) is 1.76. The quantitative estimate of drug-likeness (QED) is 0.729. The molecule has 6 nitrogen and oxygen atoms in total. The normalized spacial score (nSPS) is 15.0. The zero-order valence-corrected chi connectivity index (χ0v) is 15.5. The average molecular weight is 374 g/mol. The number of hydrogen-bond acceptors (Lipinski definition) is 5. The van der Waals surface area contributed by atoms with Gasteiger partial charge in [-0.1, -0.05) is 41.7 Å². The standard InChI is InChI=1S/C19H22N2O4S/c1-14-13-26-19(24)21(14)12-9-16(22)25-17(15-7-3-2-4-8-15)18(23)20-10-5-6-11-20/h2-4,7-8,13,17H,5-6,9-12H2,1H3. The van der Waals surface area contributed by atoms with Crippen molar-refractivity contribution in [2.75, 3.05) is 13.1 Å². The van der Waals surface area contributed by atoms with E-state index >= 15 is 0 Å². The van der Waals surface area contributed by atoms with Crippen molar-refractivity contribution < 1.29 is 14.3 Å². The van der Waals surface area contributed by atoms with Gasteiger partial charge in [0.05, 0.1) is 6.42 Å². The predicted molar refractivity (Wildman–Crippen MR) is 99.0 cm³/mol. The van der Waals surface area contributed by atoms with Crippen LogP contribution in [0, 0.1) is 6.92 Å². The van der Waals surface area contributed by atoms with E-state index in [0.29, 0.717) is 18.7 Å². The van der Waals surface area contributed by atoms with Gasteiger partial charge in [-0.25, -0.2) is 0 Å². The predicted octanol–water partition coefficient (Wildman–Crippen LogP) is 2.52. The molecule has 0 bridgehead atoms. The summed E-state index contributed by atoms with van der Waals surface area (Å²) in [7, 11) is 0. The van der Waals surface area contributed by atoms with E-state index in [9.17, 15) is 14.4 Å². The Morgan fingerprint density at radius 3 is 2.50 bits per heavy atom. The Kier molecular flexibility index (Phi) is 5.88. The number of esters is 1. The number of aryl methyl sites for hydroxylation is 1. The van der Waals surface area contributed by atoms with Crippen LogP contribution in [-0.4, -0.2) is 34.4 Å². The lowest BCUT2D eigenvalue weighted by Gasteiger charge is -2.23. The second kappa shape index (κ2) is 8.31. The van der Waals surface area contributed by atoms with Crippen LogP contribution in [0.15, 0.2) is 40.5 Å². The molecular weight excluding hydrogens is 352 g/mol. The highest BCUT2D eigenvalue weighted by molar-refractivity contribution is 7.07. The van der Waals surface area contributed by atoms with Gasteiger partial charge in [-0.15, -0.1) is 0 Å². The molecular formula is C19H22N2O4S. The number of carbonyl (C=O) groups excluding carboxylic acids is 2. The van der Waals surface area contributed by atoms with E-state index in [1.54, 1.807) is 27.0 Å². The highest BCUT2D eigenvalue weighted by Crippen LogP contribution is 2.23. The summed E-state index contributed by atoms with van der Waals surface area (Å²) in [6.07, 6.45) is 1.07. The summed E-state index contributed by atoms with van der Waals surface area (Å²) in [5.74, 6) is -0.658. The van der Waals surface area contributed by atoms with Gasteiger partial charge in [0.25, 0.3) is 5.91 Å². The number of hydrogen-bond donors (Lipinski definition) is 0. The Balaban J connectivity index is 1.69. The lowest BCUT2D eigenvalue weighted by atomic mass is 10.1. The molecule has 1 amide bonds. The number of carbonyl (C=O) groups is 2. The molecule has 1 aliphatic rings. The molecule has 1 aromatic heterocycles. The molecule has 1 aliphatic heterocycles. The van der Waals surface area contributed by atoms with E-state index in [0.717, 1.165) is 29.9 Å². The van der Waals surface area contributed by atoms with E-state index in [-0.39, 0.29) is 23.7 Å². The van der Waals surface area contributed by atoms with Crippen LogP contribution in [0.1, 0.15) is 36.6 Å². The number of thiazole rings is 1. The van der Waals surface area contributed by atoms with E-state index < -0.39 is 12.1 Å². The number of rotatable bonds is 6. The molecule has 0 aliphatic carbocycles. The summed E-state index contributed by atoms with van der Waals surface area (Å²) < 4.78 is 7.09. The number of benzene rings is 1. The summed E-state index contributed by atoms with van der Waals surface area (Å²) in [6.45, 7) is 3.48. The van der Waals surface area contributed by atoms with Gasteiger partial charge in [0.15, 0.2) is 0 Å². The molecule has 0 N–H and O–H groups in total. The lowest BCUT2D eigenvalue weighted by Crippen LogP contribution is -2.35. The third-order valence-electron chi connectivity index (χ3n) is 4.51. The van der Waals surface area contributed by atoms with Crippen molar-refractivity contribution in [2.45, 2.75) is 38.8 Å². The lowest BCUT2D eigenvalue weighted by molar-refractivity contribution is -0.160. The topological polar surface area (TPSA) is 68.6 Å². The van der Waals surface area contributed by atoms with Crippen molar-refractivity contribution >= 4 is 23.2 Å². The molecule has 2 heterocycles. The molecule has 0 radical (unpaired) electrons. The van der Waals surface area contributed by atoms with Gasteiger partial charge >= 0.3 is 10.8 Å². The molecule has 1 unspecified atom stereocenters. The summed E-state index contributed by atoms with van der Waals surface area (Å²) >= 11 is 1.11. The van der Waals surface area contributed by atoms with Crippen LogP contribution < -0.4 is 4.87 Å². The molecule has 26 heavy (non-hydrogen) atoms. The number of ether oxygens (including phenoxy) is 1. The third kappa shape index (κ3) is 4.22. The highest BCUT2D eigenvalue weighted by atomic mass is 32.1.